The molecule has 0 spiro atoms. The second-order valence-corrected chi connectivity index (χ2v) is 8.58. The molecule has 1 aliphatic carbocycles. The van der Waals surface area contributed by atoms with E-state index < -0.39 is 11.8 Å². The summed E-state index contributed by atoms with van der Waals surface area (Å²) in [5.41, 5.74) is 1.44. The first kappa shape index (κ1) is 19.6. The zero-order valence-corrected chi connectivity index (χ0v) is 16.6. The Morgan fingerprint density at radius 2 is 2.14 bits per heavy atom. The van der Waals surface area contributed by atoms with Crippen LogP contribution >= 0.6 is 11.6 Å². The Balaban J connectivity index is 1.50. The molecule has 1 saturated carbocycles. The number of halogens is 3. The largest absolute Gasteiger partial charge is 0.377 e. The highest BCUT2D eigenvalue weighted by Gasteiger charge is 2.37. The summed E-state index contributed by atoms with van der Waals surface area (Å²) in [6.45, 7) is 2.65. The summed E-state index contributed by atoms with van der Waals surface area (Å²) in [6.07, 6.45) is 4.49. The van der Waals surface area contributed by atoms with Gasteiger partial charge in [-0.25, -0.2) is 8.78 Å². The van der Waals surface area contributed by atoms with Gasteiger partial charge < -0.3 is 14.6 Å². The van der Waals surface area contributed by atoms with E-state index in [0.717, 1.165) is 30.7 Å². The van der Waals surface area contributed by atoms with E-state index in [1.165, 1.54) is 0 Å². The Kier molecular flexibility index (Phi) is 5.36. The molecule has 2 aromatic rings. The number of nitrogens with zero attached hydrogens (tertiary/aromatic N) is 1. The molecule has 2 unspecified atom stereocenters. The Hall–Kier alpha value is -1.66. The van der Waals surface area contributed by atoms with Gasteiger partial charge in [0.15, 0.2) is 0 Å². The van der Waals surface area contributed by atoms with E-state index in [4.69, 9.17) is 16.3 Å². The fourth-order valence-corrected chi connectivity index (χ4v) is 4.67. The van der Waals surface area contributed by atoms with Gasteiger partial charge in [-0.05, 0) is 44.2 Å². The molecule has 0 radical (unpaired) electrons. The maximum Gasteiger partial charge on any atom is 0.253 e. The predicted molar refractivity (Wildman–Crippen MR) is 105 cm³/mol. The van der Waals surface area contributed by atoms with E-state index in [2.05, 4.69) is 5.32 Å². The van der Waals surface area contributed by atoms with Crippen LogP contribution in [0, 0.1) is 11.8 Å². The minimum absolute atomic E-state index is 0.0809. The van der Waals surface area contributed by atoms with Crippen molar-refractivity contribution in [2.75, 3.05) is 19.8 Å². The van der Waals surface area contributed by atoms with Crippen LogP contribution in [0.25, 0.3) is 10.9 Å². The Morgan fingerprint density at radius 1 is 1.36 bits per heavy atom. The summed E-state index contributed by atoms with van der Waals surface area (Å²) in [5, 5.41) is 4.23. The normalized spacial score (nSPS) is 23.6. The molecule has 1 amide bonds. The maximum absolute atomic E-state index is 13.7. The van der Waals surface area contributed by atoms with Crippen LogP contribution in [0.15, 0.2) is 24.4 Å². The minimum Gasteiger partial charge on any atom is -0.377 e. The third kappa shape index (κ3) is 3.77. The zero-order chi connectivity index (χ0) is 19.9. The second kappa shape index (κ2) is 7.64. The molecule has 1 N–H and O–H groups in total. The number of hydrogen-bond donors (Lipinski definition) is 1. The quantitative estimate of drug-likeness (QED) is 0.748. The lowest BCUT2D eigenvalue weighted by Crippen LogP contribution is -2.35. The molecule has 0 bridgehead atoms. The number of carbonyl (C=O) groups is 1. The van der Waals surface area contributed by atoms with Crippen molar-refractivity contribution in [1.29, 1.82) is 0 Å². The lowest BCUT2D eigenvalue weighted by atomic mass is 9.78. The highest BCUT2D eigenvalue weighted by Crippen LogP contribution is 2.38. The molecule has 28 heavy (non-hydrogen) atoms. The Bertz CT molecular complexity index is 873. The monoisotopic (exact) mass is 410 g/mol. The zero-order valence-electron chi connectivity index (χ0n) is 15.9. The Morgan fingerprint density at radius 3 is 2.82 bits per heavy atom. The van der Waals surface area contributed by atoms with Crippen LogP contribution in [0.3, 0.4) is 0 Å². The molecule has 2 heterocycles. The second-order valence-electron chi connectivity index (χ2n) is 8.17. The third-order valence-electron chi connectivity index (χ3n) is 6.12. The summed E-state index contributed by atoms with van der Waals surface area (Å²) >= 11 is 6.40. The lowest BCUT2D eigenvalue weighted by molar-refractivity contribution is -0.0605. The van der Waals surface area contributed by atoms with E-state index in [9.17, 15) is 13.6 Å². The highest BCUT2D eigenvalue weighted by molar-refractivity contribution is 6.36. The van der Waals surface area contributed by atoms with Gasteiger partial charge in [-0.1, -0.05) is 24.1 Å². The van der Waals surface area contributed by atoms with Crippen molar-refractivity contribution >= 4 is 28.4 Å². The molecule has 1 aliphatic heterocycles. The number of carbonyl (C=O) groups excluding carboxylic acids is 1. The van der Waals surface area contributed by atoms with Crippen LogP contribution in [0.2, 0.25) is 5.02 Å². The summed E-state index contributed by atoms with van der Waals surface area (Å²) in [5.74, 6) is -3.38. The number of rotatable bonds is 5. The first-order valence-electron chi connectivity index (χ1n) is 9.87. The molecule has 4 rings (SSSR count). The van der Waals surface area contributed by atoms with Crippen LogP contribution in [0.1, 0.15) is 49.0 Å². The van der Waals surface area contributed by atoms with Gasteiger partial charge in [-0.3, -0.25) is 4.79 Å². The van der Waals surface area contributed by atoms with Gasteiger partial charge in [-0.15, -0.1) is 0 Å². The number of hydrogen-bond acceptors (Lipinski definition) is 2. The minimum atomic E-state index is -2.66. The molecule has 1 saturated heterocycles. The van der Waals surface area contributed by atoms with Gasteiger partial charge >= 0.3 is 0 Å². The average Bonchev–Trinajstić information content (AvgIpc) is 2.99. The number of alkyl halides is 2. The van der Waals surface area contributed by atoms with Gasteiger partial charge in [0.25, 0.3) is 5.91 Å². The molecule has 2 aliphatic rings. The molecule has 4 nitrogen and oxygen atoms in total. The van der Waals surface area contributed by atoms with Crippen molar-refractivity contribution in [3.05, 3.63) is 35.0 Å². The van der Waals surface area contributed by atoms with Crippen molar-refractivity contribution in [2.24, 2.45) is 11.8 Å². The Labute approximate surface area is 168 Å². The van der Waals surface area contributed by atoms with Gasteiger partial charge in [0, 0.05) is 24.0 Å². The van der Waals surface area contributed by atoms with E-state index in [0.29, 0.717) is 43.2 Å². The van der Waals surface area contributed by atoms with E-state index in [1.807, 2.05) is 22.9 Å². The summed E-state index contributed by atoms with van der Waals surface area (Å²) < 4.78 is 34.7. The first-order valence-corrected chi connectivity index (χ1v) is 10.2. The molecule has 152 valence electrons. The SMILES string of the molecule is CC(F)(F)C1CCCC(CNC(=O)c2cn(C3COC3)c3cccc(Cl)c23)C1. The lowest BCUT2D eigenvalue weighted by Gasteiger charge is -2.32. The first-order chi connectivity index (χ1) is 13.3. The van der Waals surface area contributed by atoms with Crippen molar-refractivity contribution in [3.8, 4) is 0 Å². The van der Waals surface area contributed by atoms with Crippen molar-refractivity contribution < 1.29 is 18.3 Å². The molecule has 1 aromatic carbocycles. The fourth-order valence-electron chi connectivity index (χ4n) is 4.39. The number of ether oxygens (including phenoxy) is 1. The van der Waals surface area contributed by atoms with Crippen molar-refractivity contribution in [1.82, 2.24) is 9.88 Å². The number of benzene rings is 1. The molecule has 2 fully saturated rings. The molecular weight excluding hydrogens is 386 g/mol. The molecule has 1 aromatic heterocycles. The smallest absolute Gasteiger partial charge is 0.253 e. The average molecular weight is 411 g/mol. The maximum atomic E-state index is 13.7. The molecule has 7 heteroatoms. The topological polar surface area (TPSA) is 43.3 Å². The van der Waals surface area contributed by atoms with Crippen molar-refractivity contribution in [3.63, 3.8) is 0 Å². The van der Waals surface area contributed by atoms with Crippen LogP contribution < -0.4 is 5.32 Å². The predicted octanol–water partition coefficient (Wildman–Crippen LogP) is 5.06. The van der Waals surface area contributed by atoms with Crippen LogP contribution in [-0.4, -0.2) is 36.2 Å². The third-order valence-corrected chi connectivity index (χ3v) is 6.43. The number of aromatic nitrogens is 1. The molecule has 2 atom stereocenters. The van der Waals surface area contributed by atoms with Crippen LogP contribution in [-0.2, 0) is 4.74 Å². The van der Waals surface area contributed by atoms with Crippen molar-refractivity contribution in [2.45, 2.75) is 44.6 Å². The van der Waals surface area contributed by atoms with Gasteiger partial charge in [0.05, 0.1) is 35.4 Å². The van der Waals surface area contributed by atoms with E-state index in [-0.39, 0.29) is 17.9 Å². The van der Waals surface area contributed by atoms with Gasteiger partial charge in [-0.2, -0.15) is 0 Å². The standard InChI is InChI=1S/C21H25ClF2N2O2/c1-21(23,24)14-5-2-4-13(8-14)9-25-20(27)16-10-26(15-11-28-12-15)18-7-3-6-17(22)19(16)18/h3,6-7,10,13-15H,2,4-5,8-9,11-12H2,1H3,(H,25,27). The fraction of sp³-hybridized carbons (Fsp3) is 0.571. The van der Waals surface area contributed by atoms with Crippen LogP contribution in [0.4, 0.5) is 8.78 Å². The van der Waals surface area contributed by atoms with Gasteiger partial charge in [0.1, 0.15) is 0 Å². The summed E-state index contributed by atoms with van der Waals surface area (Å²) in [4.78, 5) is 12.9. The summed E-state index contributed by atoms with van der Waals surface area (Å²) in [7, 11) is 0. The number of fused-ring (bicyclic) bond motifs is 1. The van der Waals surface area contributed by atoms with Crippen LogP contribution in [0.5, 0.6) is 0 Å². The summed E-state index contributed by atoms with van der Waals surface area (Å²) in [6, 6.07) is 5.80. The number of amides is 1. The molecular formula is C21H25ClF2N2O2. The highest BCUT2D eigenvalue weighted by atomic mass is 35.5. The van der Waals surface area contributed by atoms with E-state index >= 15 is 0 Å². The van der Waals surface area contributed by atoms with Gasteiger partial charge in [0.2, 0.25) is 5.92 Å². The van der Waals surface area contributed by atoms with E-state index in [1.54, 1.807) is 6.07 Å². The number of nitrogens with one attached hydrogen (secondary N) is 1.